The molecule has 3 N–H and O–H groups in total. The van der Waals surface area contributed by atoms with Crippen molar-refractivity contribution in [2.75, 3.05) is 12.3 Å². The lowest BCUT2D eigenvalue weighted by Gasteiger charge is -2.10. The topological polar surface area (TPSA) is 78.0 Å². The number of alkyl halides is 4. The summed E-state index contributed by atoms with van der Waals surface area (Å²) in [6.45, 7) is 3.07. The van der Waals surface area contributed by atoms with Crippen LogP contribution < -0.4 is 15.8 Å². The molecule has 184 valence electrons. The molecule has 10 heteroatoms. The first-order valence-corrected chi connectivity index (χ1v) is 9.93. The summed E-state index contributed by atoms with van der Waals surface area (Å²) >= 11 is 0. The van der Waals surface area contributed by atoms with E-state index in [2.05, 4.69) is 27.1 Å². The number of aromatic nitrogens is 3. The smallest absolute Gasteiger partial charge is 0.387 e. The molecule has 1 aliphatic rings. The number of halogens is 4. The molecule has 0 radical (unpaired) electrons. The zero-order valence-electron chi connectivity index (χ0n) is 17.4. The molecule has 2 heterocycles. The highest BCUT2D eigenvalue weighted by molar-refractivity contribution is 5.63. The molecule has 2 atom stereocenters. The van der Waals surface area contributed by atoms with Gasteiger partial charge in [0.25, 0.3) is 6.43 Å². The van der Waals surface area contributed by atoms with Crippen molar-refractivity contribution in [2.24, 2.45) is 5.92 Å². The number of nitrogens with zero attached hydrogens (tertiary/aromatic N) is 3. The third-order valence-electron chi connectivity index (χ3n) is 4.79. The second-order valence-corrected chi connectivity index (χ2v) is 7.68. The van der Waals surface area contributed by atoms with Crippen LogP contribution in [-0.4, -0.2) is 40.4 Å². The van der Waals surface area contributed by atoms with Crippen LogP contribution in [0.5, 0.6) is 5.75 Å². The van der Waals surface area contributed by atoms with Gasteiger partial charge in [0.1, 0.15) is 0 Å². The van der Waals surface area contributed by atoms with E-state index < -0.39 is 13.0 Å². The number of pyridine rings is 1. The fourth-order valence-electron chi connectivity index (χ4n) is 3.21. The van der Waals surface area contributed by atoms with Crippen molar-refractivity contribution in [2.45, 2.75) is 80.0 Å². The highest BCUT2D eigenvalue weighted by Gasteiger charge is 2.21. The second-order valence-electron chi connectivity index (χ2n) is 7.68. The quantitative estimate of drug-likeness (QED) is 0.492. The molecule has 32 heavy (non-hydrogen) atoms. The molecule has 0 aliphatic heterocycles. The Morgan fingerprint density at radius 2 is 1.91 bits per heavy atom. The van der Waals surface area contributed by atoms with E-state index in [-0.39, 0.29) is 39.0 Å². The van der Waals surface area contributed by atoms with Crippen LogP contribution in [0.1, 0.15) is 60.9 Å². The maximum Gasteiger partial charge on any atom is 0.387 e. The number of nitrogen functional groups attached to an aromatic ring is 1. The Kier molecular flexibility index (Phi) is 12.9. The van der Waals surface area contributed by atoms with Gasteiger partial charge in [-0.3, -0.25) is 4.68 Å². The van der Waals surface area contributed by atoms with E-state index in [1.807, 2.05) is 20.0 Å². The zero-order chi connectivity index (χ0) is 22.3. The van der Waals surface area contributed by atoms with Crippen LogP contribution >= 0.6 is 0 Å². The van der Waals surface area contributed by atoms with Crippen LogP contribution in [0.2, 0.25) is 0 Å². The summed E-state index contributed by atoms with van der Waals surface area (Å²) in [5, 5.41) is 7.18. The minimum atomic E-state index is -2.94. The molecular formula is C22H37F4N5O. The van der Waals surface area contributed by atoms with Gasteiger partial charge in [-0.05, 0) is 51.2 Å². The van der Waals surface area contributed by atoms with E-state index in [1.165, 1.54) is 18.7 Å². The summed E-state index contributed by atoms with van der Waals surface area (Å²) in [4.78, 5) is 3.83. The van der Waals surface area contributed by atoms with Crippen molar-refractivity contribution in [3.05, 3.63) is 24.5 Å². The van der Waals surface area contributed by atoms with E-state index in [0.717, 1.165) is 12.8 Å². The lowest BCUT2D eigenvalue weighted by Crippen LogP contribution is -2.30. The Hall–Kier alpha value is -2.36. The van der Waals surface area contributed by atoms with Gasteiger partial charge < -0.3 is 15.8 Å². The molecule has 0 saturated heterocycles. The molecule has 3 rings (SSSR count). The highest BCUT2D eigenvalue weighted by atomic mass is 19.3. The van der Waals surface area contributed by atoms with E-state index in [4.69, 9.17) is 5.73 Å². The van der Waals surface area contributed by atoms with Gasteiger partial charge in [-0.1, -0.05) is 21.8 Å². The molecular weight excluding hydrogens is 426 g/mol. The monoisotopic (exact) mass is 463 g/mol. The Morgan fingerprint density at radius 1 is 1.22 bits per heavy atom. The minimum Gasteiger partial charge on any atom is -0.431 e. The van der Waals surface area contributed by atoms with E-state index in [1.54, 1.807) is 10.7 Å². The molecule has 0 amide bonds. The summed E-state index contributed by atoms with van der Waals surface area (Å²) in [5.74, 6) is 0.490. The van der Waals surface area contributed by atoms with Gasteiger partial charge in [-0.2, -0.15) is 13.9 Å². The summed E-state index contributed by atoms with van der Waals surface area (Å²) in [5.41, 5.74) is 6.67. The van der Waals surface area contributed by atoms with E-state index in [0.29, 0.717) is 23.2 Å². The third kappa shape index (κ3) is 9.42. The summed E-state index contributed by atoms with van der Waals surface area (Å²) in [6.07, 6.45) is 4.39. The molecule has 2 aromatic heterocycles. The Bertz CT molecular complexity index is 785. The van der Waals surface area contributed by atoms with Crippen molar-refractivity contribution in [1.82, 2.24) is 20.1 Å². The molecule has 0 aromatic carbocycles. The SMILES string of the molecule is C.C.CC(C)n1ccc(-c2cnc(N)c(OC(F)F)c2)n1.CC1CCC(NCC(F)F)C1. The number of ether oxygens (including phenoxy) is 1. The van der Waals surface area contributed by atoms with E-state index >= 15 is 0 Å². The Balaban J connectivity index is 0.000000639. The third-order valence-corrected chi connectivity index (χ3v) is 4.79. The molecule has 2 aromatic rings. The minimum absolute atomic E-state index is 0. The van der Waals surface area contributed by atoms with Crippen LogP contribution in [0.3, 0.4) is 0 Å². The largest absolute Gasteiger partial charge is 0.431 e. The van der Waals surface area contributed by atoms with Gasteiger partial charge in [0.15, 0.2) is 11.6 Å². The molecule has 1 saturated carbocycles. The van der Waals surface area contributed by atoms with Crippen molar-refractivity contribution in [3.8, 4) is 17.0 Å². The zero-order valence-corrected chi connectivity index (χ0v) is 17.4. The summed E-state index contributed by atoms with van der Waals surface area (Å²) < 4.78 is 54.0. The van der Waals surface area contributed by atoms with Crippen LogP contribution in [0.4, 0.5) is 23.4 Å². The van der Waals surface area contributed by atoms with Crippen molar-refractivity contribution in [3.63, 3.8) is 0 Å². The predicted octanol–water partition coefficient (Wildman–Crippen LogP) is 6.01. The average molecular weight is 464 g/mol. The van der Waals surface area contributed by atoms with Crippen LogP contribution in [0.25, 0.3) is 11.3 Å². The highest BCUT2D eigenvalue weighted by Crippen LogP contribution is 2.27. The molecule has 1 aliphatic carbocycles. The van der Waals surface area contributed by atoms with Gasteiger partial charge in [0, 0.05) is 30.0 Å². The molecule has 6 nitrogen and oxygen atoms in total. The maximum absolute atomic E-state index is 12.2. The number of hydrogen-bond acceptors (Lipinski definition) is 5. The van der Waals surface area contributed by atoms with Gasteiger partial charge in [-0.25, -0.2) is 13.8 Å². The first-order valence-electron chi connectivity index (χ1n) is 9.93. The van der Waals surface area contributed by atoms with Gasteiger partial charge >= 0.3 is 6.61 Å². The lowest BCUT2D eigenvalue weighted by atomic mass is 10.1. The van der Waals surface area contributed by atoms with Crippen LogP contribution in [0.15, 0.2) is 24.5 Å². The number of rotatable bonds is 7. The fourth-order valence-corrected chi connectivity index (χ4v) is 3.21. The van der Waals surface area contributed by atoms with Gasteiger partial charge in [0.05, 0.1) is 12.2 Å². The number of anilines is 1. The van der Waals surface area contributed by atoms with Crippen molar-refractivity contribution < 1.29 is 22.3 Å². The molecule has 0 spiro atoms. The fraction of sp³-hybridized carbons (Fsp3) is 0.636. The number of nitrogens with one attached hydrogen (secondary N) is 1. The van der Waals surface area contributed by atoms with Gasteiger partial charge in [-0.15, -0.1) is 0 Å². The average Bonchev–Trinajstić information content (AvgIpc) is 3.31. The predicted molar refractivity (Wildman–Crippen MR) is 121 cm³/mol. The molecule has 2 unspecified atom stereocenters. The normalized spacial score (nSPS) is 17.6. The van der Waals surface area contributed by atoms with Crippen molar-refractivity contribution in [1.29, 1.82) is 0 Å². The van der Waals surface area contributed by atoms with Crippen LogP contribution in [-0.2, 0) is 0 Å². The number of hydrogen-bond donors (Lipinski definition) is 2. The van der Waals surface area contributed by atoms with Crippen molar-refractivity contribution >= 4 is 5.82 Å². The first kappa shape index (κ1) is 29.6. The second kappa shape index (κ2) is 13.9. The van der Waals surface area contributed by atoms with E-state index in [9.17, 15) is 17.6 Å². The maximum atomic E-state index is 12.2. The summed E-state index contributed by atoms with van der Waals surface area (Å²) in [6, 6.07) is 3.74. The molecule has 1 fully saturated rings. The number of nitrogens with two attached hydrogens (primary N) is 1. The Labute approximate surface area is 188 Å². The molecule has 0 bridgehead atoms. The Morgan fingerprint density at radius 3 is 2.41 bits per heavy atom. The van der Waals surface area contributed by atoms with Crippen LogP contribution in [0, 0.1) is 5.92 Å². The summed E-state index contributed by atoms with van der Waals surface area (Å²) in [7, 11) is 0. The lowest BCUT2D eigenvalue weighted by molar-refractivity contribution is -0.0494. The first-order chi connectivity index (χ1) is 14.2. The standard InChI is InChI=1S/C12H14F2N4O.C8H15F2N.2CH4/c1-7(2)18-4-3-9(17-18)8-5-10(19-12(13)14)11(15)16-6-8;1-6-2-3-7(4-6)11-5-8(9)10;;/h3-7,12H,1-2H3,(H2,15,16);6-8,11H,2-5H2,1H3;2*1H4. The van der Waals surface area contributed by atoms with Gasteiger partial charge in [0.2, 0.25) is 0 Å².